The molecule has 12 heteroatoms. The Morgan fingerprint density at radius 2 is 1.37 bits per heavy atom. The van der Waals surface area contributed by atoms with Gasteiger partial charge in [0, 0.05) is 31.1 Å². The van der Waals surface area contributed by atoms with Crippen LogP contribution in [0.1, 0.15) is 175 Å². The highest BCUT2D eigenvalue weighted by Crippen LogP contribution is 2.36. The molecule has 0 bridgehead atoms. The molecule has 0 radical (unpaired) electrons. The summed E-state index contributed by atoms with van der Waals surface area (Å²) in [6.45, 7) is 5.69. The molecule has 1 rings (SSSR count). The molecule has 0 aromatic rings. The van der Waals surface area contributed by atoms with Crippen LogP contribution in [0.3, 0.4) is 0 Å². The average Bonchev–Trinajstić information content (AvgIpc) is 3.38. The van der Waals surface area contributed by atoms with Crippen LogP contribution in [0.5, 0.6) is 0 Å². The van der Waals surface area contributed by atoms with E-state index in [-0.39, 0.29) is 37.6 Å². The Kier molecular flexibility index (Phi) is 29.0. The number of allylic oxidation sites excluding steroid dienone is 3. The summed E-state index contributed by atoms with van der Waals surface area (Å²) in [5, 5.41) is 20.6. The molecule has 1 saturated carbocycles. The summed E-state index contributed by atoms with van der Waals surface area (Å²) >= 11 is 0. The largest absolute Gasteiger partial charge is 0.469 e. The van der Waals surface area contributed by atoms with Crippen LogP contribution in [0.4, 0.5) is 0 Å². The van der Waals surface area contributed by atoms with Crippen LogP contribution < -0.4 is 0 Å². The number of aliphatic hydroxyl groups excluding tert-OH is 2. The highest BCUT2D eigenvalue weighted by molar-refractivity contribution is 7.46. The van der Waals surface area contributed by atoms with Crippen LogP contribution in [0.25, 0.3) is 0 Å². The number of carbonyl (C=O) groups is 3. The lowest BCUT2D eigenvalue weighted by Crippen LogP contribution is -2.29. The molecule has 0 aromatic carbocycles. The van der Waals surface area contributed by atoms with Crippen molar-refractivity contribution in [3.8, 4) is 0 Å². The maximum absolute atomic E-state index is 12.5. The van der Waals surface area contributed by atoms with Gasteiger partial charge in [-0.15, -0.1) is 0 Å². The van der Waals surface area contributed by atoms with Crippen molar-refractivity contribution in [2.24, 2.45) is 17.8 Å². The average molecular weight is 787 g/mol. The van der Waals surface area contributed by atoms with E-state index < -0.39 is 50.6 Å². The number of Topliss-reactive ketones (excluding diaryl/α,β-unsaturated/α-hetero) is 1. The number of unbranched alkanes of at least 4 members (excludes halogenated alkanes) is 15. The second-order valence-corrected chi connectivity index (χ2v) is 16.8. The number of hydrogen-bond donors (Lipinski definition) is 4. The Morgan fingerprint density at radius 1 is 0.796 bits per heavy atom. The monoisotopic (exact) mass is 787 g/mol. The number of phosphoric ester groups is 1. The first-order valence-corrected chi connectivity index (χ1v) is 22.6. The topological polar surface area (TPSA) is 177 Å². The maximum atomic E-state index is 12.5. The van der Waals surface area contributed by atoms with Gasteiger partial charge in [-0.05, 0) is 38.0 Å². The highest BCUT2D eigenvalue weighted by Gasteiger charge is 2.39. The van der Waals surface area contributed by atoms with Crippen molar-refractivity contribution >= 4 is 25.5 Å². The number of carbonyl (C=O) groups excluding carboxylic acids is 3. The second kappa shape index (κ2) is 31.2. The van der Waals surface area contributed by atoms with Crippen LogP contribution in [-0.4, -0.2) is 69.2 Å². The predicted molar refractivity (Wildman–Crippen MR) is 212 cm³/mol. The molecule has 0 heterocycles. The molecule has 1 aliphatic carbocycles. The summed E-state index contributed by atoms with van der Waals surface area (Å²) < 4.78 is 26.4. The van der Waals surface area contributed by atoms with Gasteiger partial charge in [0.05, 0.1) is 18.8 Å². The number of rotatable bonds is 34. The molecule has 0 saturated heterocycles. The molecular formula is C42H75O11P. The zero-order valence-corrected chi connectivity index (χ0v) is 34.6. The molecule has 54 heavy (non-hydrogen) atoms. The van der Waals surface area contributed by atoms with E-state index >= 15 is 0 Å². The Balaban J connectivity index is 2.29. The van der Waals surface area contributed by atoms with Crippen LogP contribution in [0.15, 0.2) is 24.3 Å². The maximum Gasteiger partial charge on any atom is 0.469 e. The fourth-order valence-electron chi connectivity index (χ4n) is 6.77. The van der Waals surface area contributed by atoms with Gasteiger partial charge in [0.1, 0.15) is 12.4 Å². The number of ether oxygens (including phenoxy) is 2. The Morgan fingerprint density at radius 3 is 1.96 bits per heavy atom. The quantitative estimate of drug-likeness (QED) is 0.0212. The van der Waals surface area contributed by atoms with Crippen LogP contribution in [-0.2, 0) is 32.9 Å². The van der Waals surface area contributed by atoms with Gasteiger partial charge in [0.15, 0.2) is 6.10 Å². The van der Waals surface area contributed by atoms with Gasteiger partial charge in [-0.3, -0.25) is 18.9 Å². The van der Waals surface area contributed by atoms with Crippen LogP contribution in [0.2, 0.25) is 0 Å². The highest BCUT2D eigenvalue weighted by atomic mass is 31.2. The SMILES string of the molecule is CCCCC[C@H](O)/C=C/[C@H]1C(=O)C[C@H](O)[C@@H]1C/C=C\CCCC(=O)O[C@H](COC(=O)CCCCCCCCCCCCCCCC(C)C)COP(=O)(O)O. The predicted octanol–water partition coefficient (Wildman–Crippen LogP) is 9.24. The molecule has 0 spiro atoms. The van der Waals surface area contributed by atoms with Crippen molar-refractivity contribution in [1.82, 2.24) is 0 Å². The number of hydrogen-bond acceptors (Lipinski definition) is 9. The molecule has 11 nitrogen and oxygen atoms in total. The standard InChI is InChI=1S/C42H75O11P/c1-4-5-19-25-35(43)29-30-38-37(39(44)31-40(38)45)26-21-17-18-23-28-42(47)53-36(33-52-54(48,49)50)32-51-41(46)27-22-16-14-12-10-8-6-7-9-11-13-15-20-24-34(2)3/h17,21,29-30,34-39,43-44H,4-16,18-20,22-28,31-33H2,1-3H3,(H2,48,49,50)/b21-17-,30-29+/t35-,36+,37+,38+,39-/m0/s1. The summed E-state index contributed by atoms with van der Waals surface area (Å²) in [6.07, 6.45) is 27.0. The van der Waals surface area contributed by atoms with Gasteiger partial charge in [-0.25, -0.2) is 4.57 Å². The fraction of sp³-hybridized carbons (Fsp3) is 0.833. The van der Waals surface area contributed by atoms with Crippen molar-refractivity contribution < 1.29 is 52.9 Å². The number of ketones is 1. The molecule has 0 unspecified atom stereocenters. The zero-order chi connectivity index (χ0) is 40.0. The molecule has 1 aliphatic rings. The second-order valence-electron chi connectivity index (χ2n) is 15.6. The minimum atomic E-state index is -4.83. The Bertz CT molecular complexity index is 1100. The van der Waals surface area contributed by atoms with E-state index in [0.717, 1.165) is 44.4 Å². The van der Waals surface area contributed by atoms with E-state index in [2.05, 4.69) is 25.3 Å². The van der Waals surface area contributed by atoms with E-state index in [9.17, 15) is 29.2 Å². The van der Waals surface area contributed by atoms with Crippen molar-refractivity contribution in [3.05, 3.63) is 24.3 Å². The molecule has 314 valence electrons. The van der Waals surface area contributed by atoms with Crippen molar-refractivity contribution in [2.45, 2.75) is 193 Å². The third-order valence-corrected chi connectivity index (χ3v) is 10.5. The number of phosphoric acid groups is 1. The summed E-state index contributed by atoms with van der Waals surface area (Å²) in [4.78, 5) is 55.5. The lowest BCUT2D eigenvalue weighted by atomic mass is 9.90. The van der Waals surface area contributed by atoms with E-state index in [1.54, 1.807) is 12.2 Å². The molecule has 1 fully saturated rings. The van der Waals surface area contributed by atoms with Crippen molar-refractivity contribution in [1.29, 1.82) is 0 Å². The number of esters is 2. The first kappa shape index (κ1) is 50.1. The summed E-state index contributed by atoms with van der Waals surface area (Å²) in [5.41, 5.74) is 0. The lowest BCUT2D eigenvalue weighted by molar-refractivity contribution is -0.161. The van der Waals surface area contributed by atoms with E-state index in [0.29, 0.717) is 32.1 Å². The van der Waals surface area contributed by atoms with E-state index in [1.165, 1.54) is 64.2 Å². The summed E-state index contributed by atoms with van der Waals surface area (Å²) in [6, 6.07) is 0. The van der Waals surface area contributed by atoms with Gasteiger partial charge in [0.25, 0.3) is 0 Å². The van der Waals surface area contributed by atoms with Crippen LogP contribution in [0, 0.1) is 17.8 Å². The lowest BCUT2D eigenvalue weighted by Gasteiger charge is -2.18. The van der Waals surface area contributed by atoms with Gasteiger partial charge in [-0.2, -0.15) is 0 Å². The van der Waals surface area contributed by atoms with E-state index in [4.69, 9.17) is 19.3 Å². The third-order valence-electron chi connectivity index (χ3n) is 10.0. The zero-order valence-electron chi connectivity index (χ0n) is 33.8. The molecule has 0 aromatic heterocycles. The minimum Gasteiger partial charge on any atom is -0.462 e. The Hall–Kier alpha value is -1.88. The normalized spacial score (nSPS) is 19.0. The summed E-state index contributed by atoms with van der Waals surface area (Å²) in [5.74, 6) is -1.03. The summed E-state index contributed by atoms with van der Waals surface area (Å²) in [7, 11) is -4.83. The molecule has 5 atom stereocenters. The van der Waals surface area contributed by atoms with Crippen molar-refractivity contribution in [2.75, 3.05) is 13.2 Å². The van der Waals surface area contributed by atoms with Crippen molar-refractivity contribution in [3.63, 3.8) is 0 Å². The molecule has 4 N–H and O–H groups in total. The Labute approximate surface area is 326 Å². The first-order chi connectivity index (χ1) is 25.8. The third kappa shape index (κ3) is 27.7. The fourth-order valence-corrected chi connectivity index (χ4v) is 7.13. The van der Waals surface area contributed by atoms with Gasteiger partial charge in [-0.1, -0.05) is 148 Å². The smallest absolute Gasteiger partial charge is 0.462 e. The van der Waals surface area contributed by atoms with Crippen LogP contribution >= 0.6 is 7.82 Å². The number of aliphatic hydroxyl groups is 2. The first-order valence-electron chi connectivity index (χ1n) is 21.1. The minimum absolute atomic E-state index is 0.0229. The molecule has 0 amide bonds. The van der Waals surface area contributed by atoms with Gasteiger partial charge in [0.2, 0.25) is 0 Å². The van der Waals surface area contributed by atoms with E-state index in [1.807, 2.05) is 12.2 Å². The molecular weight excluding hydrogens is 711 g/mol. The van der Waals surface area contributed by atoms with Gasteiger partial charge < -0.3 is 29.5 Å². The molecule has 0 aliphatic heterocycles. The van der Waals surface area contributed by atoms with Gasteiger partial charge >= 0.3 is 19.8 Å².